The number of fused-ring (bicyclic) bond motifs is 1. The molecule has 2 aliphatic heterocycles. The number of hydrogen-bond acceptors (Lipinski definition) is 7. The molecule has 0 saturated carbocycles. The highest BCUT2D eigenvalue weighted by Gasteiger charge is 2.31. The van der Waals surface area contributed by atoms with Gasteiger partial charge in [-0.25, -0.2) is 4.98 Å². The van der Waals surface area contributed by atoms with E-state index < -0.39 is 0 Å². The van der Waals surface area contributed by atoms with Crippen molar-refractivity contribution in [3.63, 3.8) is 0 Å². The Morgan fingerprint density at radius 2 is 1.89 bits per heavy atom. The zero-order valence-corrected chi connectivity index (χ0v) is 23.8. The highest BCUT2D eigenvalue weighted by Crippen LogP contribution is 2.45. The maximum Gasteiger partial charge on any atom is 0.229 e. The van der Waals surface area contributed by atoms with Gasteiger partial charge in [-0.1, -0.05) is 37.6 Å². The molecule has 2 aliphatic rings. The summed E-state index contributed by atoms with van der Waals surface area (Å²) in [5.41, 5.74) is 6.02. The number of likely N-dealkylation sites (tertiary alicyclic amines) is 1. The van der Waals surface area contributed by atoms with Gasteiger partial charge < -0.3 is 20.3 Å². The Kier molecular flexibility index (Phi) is 7.84. The fraction of sp³-hybridized carbons (Fsp3) is 0.448. The molecule has 0 amide bonds. The number of anilines is 4. The van der Waals surface area contributed by atoms with Crippen LogP contribution in [-0.4, -0.2) is 46.4 Å². The predicted molar refractivity (Wildman–Crippen MR) is 155 cm³/mol. The standard InChI is InChI=1S/C29H36ClN5OS/c1-17(2)37-25-9-7-6-8-23(25)32-28-22(30)16-31-29(34-28)33-24-14-18(3)26(20-10-12-35(5)13-11-20)21-15-19(4)36-27(21)24/h6-9,14,16-17,19-20H,10-13,15H2,1-5H3,(H2,31,32,33,34). The summed E-state index contributed by atoms with van der Waals surface area (Å²) in [5, 5.41) is 7.80. The Morgan fingerprint density at radius 1 is 1.14 bits per heavy atom. The first-order valence-corrected chi connectivity index (χ1v) is 14.4. The van der Waals surface area contributed by atoms with Crippen molar-refractivity contribution in [2.45, 2.75) is 69.1 Å². The van der Waals surface area contributed by atoms with Gasteiger partial charge in [-0.05, 0) is 82.1 Å². The van der Waals surface area contributed by atoms with Crippen LogP contribution < -0.4 is 15.4 Å². The number of benzene rings is 2. The normalized spacial score (nSPS) is 18.1. The number of halogens is 1. The quantitative estimate of drug-likeness (QED) is 0.301. The molecule has 2 N–H and O–H groups in total. The lowest BCUT2D eigenvalue weighted by Gasteiger charge is -2.31. The third-order valence-electron chi connectivity index (χ3n) is 7.06. The Labute approximate surface area is 229 Å². The van der Waals surface area contributed by atoms with Crippen molar-refractivity contribution < 1.29 is 4.74 Å². The van der Waals surface area contributed by atoms with Gasteiger partial charge in [0.05, 0.1) is 17.6 Å². The Balaban J connectivity index is 1.44. The number of piperidine rings is 1. The summed E-state index contributed by atoms with van der Waals surface area (Å²) in [6.45, 7) is 11.0. The van der Waals surface area contributed by atoms with Gasteiger partial charge in [-0.15, -0.1) is 11.8 Å². The maximum absolute atomic E-state index is 6.51. The molecule has 1 aromatic heterocycles. The zero-order valence-electron chi connectivity index (χ0n) is 22.3. The molecule has 0 spiro atoms. The second-order valence-corrected chi connectivity index (χ2v) is 12.5. The van der Waals surface area contributed by atoms with Gasteiger partial charge in [0.2, 0.25) is 5.95 Å². The summed E-state index contributed by atoms with van der Waals surface area (Å²) >= 11 is 8.31. The Bertz CT molecular complexity index is 1280. The third-order valence-corrected chi connectivity index (χ3v) is 8.42. The fourth-order valence-corrected chi connectivity index (χ4v) is 6.45. The van der Waals surface area contributed by atoms with Gasteiger partial charge in [0.1, 0.15) is 16.9 Å². The third kappa shape index (κ3) is 5.84. The molecule has 1 atom stereocenters. The van der Waals surface area contributed by atoms with Crippen LogP contribution >= 0.6 is 23.4 Å². The van der Waals surface area contributed by atoms with Crippen LogP contribution in [0.25, 0.3) is 0 Å². The van der Waals surface area contributed by atoms with E-state index in [1.165, 1.54) is 29.5 Å². The number of aryl methyl sites for hydroxylation is 1. The average Bonchev–Trinajstić information content (AvgIpc) is 3.24. The van der Waals surface area contributed by atoms with Gasteiger partial charge in [0.25, 0.3) is 0 Å². The molecule has 196 valence electrons. The molecular formula is C29H36ClN5OS. The van der Waals surface area contributed by atoms with Gasteiger partial charge >= 0.3 is 0 Å². The van der Waals surface area contributed by atoms with Crippen molar-refractivity contribution in [3.8, 4) is 5.75 Å². The van der Waals surface area contributed by atoms with Crippen molar-refractivity contribution in [2.75, 3.05) is 30.8 Å². The Morgan fingerprint density at radius 3 is 2.65 bits per heavy atom. The van der Waals surface area contributed by atoms with E-state index >= 15 is 0 Å². The highest BCUT2D eigenvalue weighted by atomic mass is 35.5. The number of nitrogens with one attached hydrogen (secondary N) is 2. The molecule has 3 aromatic rings. The van der Waals surface area contributed by atoms with Crippen molar-refractivity contribution in [3.05, 3.63) is 58.2 Å². The number of hydrogen-bond donors (Lipinski definition) is 2. The minimum absolute atomic E-state index is 0.153. The van der Waals surface area contributed by atoms with Gasteiger partial charge in [-0.3, -0.25) is 0 Å². The zero-order chi connectivity index (χ0) is 26.1. The second-order valence-electron chi connectivity index (χ2n) is 10.5. The van der Waals surface area contributed by atoms with Crippen LogP contribution in [-0.2, 0) is 6.42 Å². The van der Waals surface area contributed by atoms with Crippen LogP contribution in [0.5, 0.6) is 5.75 Å². The summed E-state index contributed by atoms with van der Waals surface area (Å²) in [6.07, 6.45) is 5.11. The molecule has 0 radical (unpaired) electrons. The maximum atomic E-state index is 6.51. The van der Waals surface area contributed by atoms with Crippen LogP contribution in [0, 0.1) is 6.92 Å². The van der Waals surface area contributed by atoms with Crippen molar-refractivity contribution >= 4 is 46.5 Å². The summed E-state index contributed by atoms with van der Waals surface area (Å²) in [6, 6.07) is 10.4. The molecule has 5 rings (SSSR count). The summed E-state index contributed by atoms with van der Waals surface area (Å²) in [4.78, 5) is 12.8. The summed E-state index contributed by atoms with van der Waals surface area (Å²) in [5.74, 6) is 2.58. The molecule has 1 fully saturated rings. The minimum atomic E-state index is 0.153. The molecular weight excluding hydrogens is 502 g/mol. The fourth-order valence-electron chi connectivity index (χ4n) is 5.40. The van der Waals surface area contributed by atoms with Crippen molar-refractivity contribution in [1.82, 2.24) is 14.9 Å². The summed E-state index contributed by atoms with van der Waals surface area (Å²) < 4.78 is 6.35. The van der Waals surface area contributed by atoms with E-state index in [0.717, 1.165) is 41.5 Å². The molecule has 3 heterocycles. The molecule has 2 aromatic carbocycles. The predicted octanol–water partition coefficient (Wildman–Crippen LogP) is 7.56. The van der Waals surface area contributed by atoms with Crippen LogP contribution in [0.2, 0.25) is 5.02 Å². The van der Waals surface area contributed by atoms with Gasteiger partial charge in [0.15, 0.2) is 5.82 Å². The molecule has 8 heteroatoms. The lowest BCUT2D eigenvalue weighted by atomic mass is 9.82. The number of rotatable bonds is 7. The van der Waals surface area contributed by atoms with E-state index in [1.54, 1.807) is 18.0 Å². The lowest BCUT2D eigenvalue weighted by molar-refractivity contribution is 0.254. The topological polar surface area (TPSA) is 62.3 Å². The minimum Gasteiger partial charge on any atom is -0.488 e. The molecule has 0 aliphatic carbocycles. The average molecular weight is 538 g/mol. The number of ether oxygens (including phenoxy) is 1. The highest BCUT2D eigenvalue weighted by molar-refractivity contribution is 8.00. The number of thioether (sulfide) groups is 1. The van der Waals surface area contributed by atoms with Gasteiger partial charge in [0, 0.05) is 22.1 Å². The number of aromatic nitrogens is 2. The van der Waals surface area contributed by atoms with Gasteiger partial charge in [-0.2, -0.15) is 4.98 Å². The first-order valence-electron chi connectivity index (χ1n) is 13.1. The molecule has 6 nitrogen and oxygen atoms in total. The van der Waals surface area contributed by atoms with Crippen LogP contribution in [0.4, 0.5) is 23.1 Å². The van der Waals surface area contributed by atoms with E-state index in [4.69, 9.17) is 21.3 Å². The molecule has 0 bridgehead atoms. The van der Waals surface area contributed by atoms with E-state index in [1.807, 2.05) is 18.2 Å². The van der Waals surface area contributed by atoms with Crippen molar-refractivity contribution in [1.29, 1.82) is 0 Å². The van der Waals surface area contributed by atoms with Crippen molar-refractivity contribution in [2.24, 2.45) is 0 Å². The van der Waals surface area contributed by atoms with E-state index in [0.29, 0.717) is 28.0 Å². The first kappa shape index (κ1) is 26.1. The second kappa shape index (κ2) is 11.1. The van der Waals surface area contributed by atoms with E-state index in [2.05, 4.69) is 67.4 Å². The smallest absolute Gasteiger partial charge is 0.229 e. The van der Waals surface area contributed by atoms with Crippen LogP contribution in [0.3, 0.4) is 0 Å². The number of nitrogens with zero attached hydrogens (tertiary/aromatic N) is 3. The molecule has 1 unspecified atom stereocenters. The van der Waals surface area contributed by atoms with Crippen LogP contribution in [0.1, 0.15) is 56.2 Å². The Hall–Kier alpha value is -2.48. The monoisotopic (exact) mass is 537 g/mol. The van der Waals surface area contributed by atoms with E-state index in [9.17, 15) is 0 Å². The lowest BCUT2D eigenvalue weighted by Crippen LogP contribution is -2.29. The van der Waals surface area contributed by atoms with E-state index in [-0.39, 0.29) is 6.10 Å². The summed E-state index contributed by atoms with van der Waals surface area (Å²) in [7, 11) is 2.21. The molecule has 37 heavy (non-hydrogen) atoms. The SMILES string of the molecule is Cc1cc(Nc2ncc(Cl)c(Nc3ccccc3SC(C)C)n2)c2c(c1C1CCN(C)CC1)CC(C)O2. The number of para-hydroxylation sites is 1. The largest absolute Gasteiger partial charge is 0.488 e. The molecule has 1 saturated heterocycles. The van der Waals surface area contributed by atoms with Crippen LogP contribution in [0.15, 0.2) is 41.4 Å². The first-order chi connectivity index (χ1) is 17.8.